The first-order valence-electron chi connectivity index (χ1n) is 4.71. The van der Waals surface area contributed by atoms with Crippen molar-refractivity contribution in [2.75, 3.05) is 14.2 Å². The van der Waals surface area contributed by atoms with E-state index in [1.54, 1.807) is 6.07 Å². The number of aromatic nitrogens is 1. The summed E-state index contributed by atoms with van der Waals surface area (Å²) in [5.74, 6) is -1.40. The Morgan fingerprint density at radius 3 is 2.62 bits per heavy atom. The van der Waals surface area contributed by atoms with Gasteiger partial charge in [-0.1, -0.05) is 0 Å². The molecule has 0 N–H and O–H groups in total. The highest BCUT2D eigenvalue weighted by atomic mass is 16.5. The lowest BCUT2D eigenvalue weighted by molar-refractivity contribution is -0.143. The lowest BCUT2D eigenvalue weighted by Gasteiger charge is -2.10. The molecule has 0 saturated carbocycles. The van der Waals surface area contributed by atoms with Gasteiger partial charge in [-0.25, -0.2) is 0 Å². The van der Waals surface area contributed by atoms with E-state index in [2.05, 4.69) is 9.72 Å². The fraction of sp³-hybridized carbons (Fsp3) is 0.364. The SMILES string of the molecule is COC(=O)C(C)C(=O)c1cnccc1OC. The maximum Gasteiger partial charge on any atom is 0.316 e. The molecule has 16 heavy (non-hydrogen) atoms. The molecular formula is C11H13NO4. The summed E-state index contributed by atoms with van der Waals surface area (Å²) in [4.78, 5) is 27.0. The van der Waals surface area contributed by atoms with Crippen molar-refractivity contribution in [1.29, 1.82) is 0 Å². The Morgan fingerprint density at radius 1 is 1.38 bits per heavy atom. The van der Waals surface area contributed by atoms with Crippen molar-refractivity contribution in [3.63, 3.8) is 0 Å². The highest BCUT2D eigenvalue weighted by molar-refractivity contribution is 6.09. The van der Waals surface area contributed by atoms with Gasteiger partial charge in [0.1, 0.15) is 11.7 Å². The van der Waals surface area contributed by atoms with Crippen LogP contribution in [0.2, 0.25) is 0 Å². The molecule has 86 valence electrons. The Balaban J connectivity index is 3.00. The van der Waals surface area contributed by atoms with Crippen LogP contribution in [0.3, 0.4) is 0 Å². The van der Waals surface area contributed by atoms with Crippen LogP contribution in [0.4, 0.5) is 0 Å². The van der Waals surface area contributed by atoms with Crippen LogP contribution in [0, 0.1) is 5.92 Å². The summed E-state index contributed by atoms with van der Waals surface area (Å²) >= 11 is 0. The van der Waals surface area contributed by atoms with E-state index in [0.29, 0.717) is 5.75 Å². The maximum absolute atomic E-state index is 11.9. The Bertz CT molecular complexity index is 403. The number of hydrogen-bond acceptors (Lipinski definition) is 5. The third-order valence-electron chi connectivity index (χ3n) is 2.21. The smallest absolute Gasteiger partial charge is 0.316 e. The second-order valence-corrected chi connectivity index (χ2v) is 3.19. The van der Waals surface area contributed by atoms with Gasteiger partial charge in [-0.15, -0.1) is 0 Å². The van der Waals surface area contributed by atoms with Crippen LogP contribution in [-0.2, 0) is 9.53 Å². The number of carbonyl (C=O) groups is 2. The monoisotopic (exact) mass is 223 g/mol. The van der Waals surface area contributed by atoms with Crippen LogP contribution in [-0.4, -0.2) is 31.0 Å². The molecular weight excluding hydrogens is 210 g/mol. The van der Waals surface area contributed by atoms with E-state index in [0.717, 1.165) is 0 Å². The molecule has 0 aliphatic heterocycles. The third-order valence-corrected chi connectivity index (χ3v) is 2.21. The summed E-state index contributed by atoms with van der Waals surface area (Å²) < 4.78 is 9.52. The molecule has 1 heterocycles. The van der Waals surface area contributed by atoms with Gasteiger partial charge in [0, 0.05) is 12.4 Å². The van der Waals surface area contributed by atoms with E-state index in [9.17, 15) is 9.59 Å². The average molecular weight is 223 g/mol. The normalized spacial score (nSPS) is 11.7. The van der Waals surface area contributed by atoms with Gasteiger partial charge in [0.2, 0.25) is 0 Å². The number of carbonyl (C=O) groups excluding carboxylic acids is 2. The Morgan fingerprint density at radius 2 is 2.06 bits per heavy atom. The van der Waals surface area contributed by atoms with E-state index in [1.165, 1.54) is 33.5 Å². The number of pyridine rings is 1. The molecule has 0 amide bonds. The number of nitrogens with zero attached hydrogens (tertiary/aromatic N) is 1. The Hall–Kier alpha value is -1.91. The Kier molecular flexibility index (Phi) is 3.99. The predicted molar refractivity (Wildman–Crippen MR) is 56.3 cm³/mol. The van der Waals surface area contributed by atoms with Crippen molar-refractivity contribution < 1.29 is 19.1 Å². The van der Waals surface area contributed by atoms with Crippen LogP contribution >= 0.6 is 0 Å². The molecule has 0 saturated heterocycles. The molecule has 1 unspecified atom stereocenters. The predicted octanol–water partition coefficient (Wildman–Crippen LogP) is 1.08. The number of esters is 1. The number of Topliss-reactive ketones (excluding diaryl/α,β-unsaturated/α-hetero) is 1. The van der Waals surface area contributed by atoms with Gasteiger partial charge in [-0.2, -0.15) is 0 Å². The van der Waals surface area contributed by atoms with Crippen molar-refractivity contribution in [2.24, 2.45) is 5.92 Å². The van der Waals surface area contributed by atoms with Gasteiger partial charge in [-0.05, 0) is 13.0 Å². The zero-order chi connectivity index (χ0) is 12.1. The number of methoxy groups -OCH3 is 2. The quantitative estimate of drug-likeness (QED) is 0.434. The fourth-order valence-electron chi connectivity index (χ4n) is 1.26. The second-order valence-electron chi connectivity index (χ2n) is 3.19. The second kappa shape index (κ2) is 5.25. The van der Waals surface area contributed by atoms with E-state index in [-0.39, 0.29) is 11.3 Å². The topological polar surface area (TPSA) is 65.5 Å². The van der Waals surface area contributed by atoms with E-state index in [1.807, 2.05) is 0 Å². The van der Waals surface area contributed by atoms with Gasteiger partial charge in [0.15, 0.2) is 5.78 Å². The van der Waals surface area contributed by atoms with Crippen molar-refractivity contribution in [2.45, 2.75) is 6.92 Å². The summed E-state index contributed by atoms with van der Waals surface area (Å²) in [6.07, 6.45) is 2.89. The van der Waals surface area contributed by atoms with Crippen LogP contribution < -0.4 is 4.74 Å². The standard InChI is InChI=1S/C11H13NO4/c1-7(11(14)16-3)10(13)8-6-12-5-4-9(8)15-2/h4-7H,1-3H3. The minimum absolute atomic E-state index is 0.280. The molecule has 5 nitrogen and oxygen atoms in total. The van der Waals surface area contributed by atoms with Gasteiger partial charge < -0.3 is 9.47 Å². The van der Waals surface area contributed by atoms with E-state index < -0.39 is 11.9 Å². The summed E-state index contributed by atoms with van der Waals surface area (Å²) in [7, 11) is 2.70. The fourth-order valence-corrected chi connectivity index (χ4v) is 1.26. The maximum atomic E-state index is 11.9. The summed E-state index contributed by atoms with van der Waals surface area (Å²) in [5, 5.41) is 0. The first-order valence-corrected chi connectivity index (χ1v) is 4.71. The van der Waals surface area contributed by atoms with Crippen LogP contribution in [0.25, 0.3) is 0 Å². The molecule has 1 rings (SSSR count). The van der Waals surface area contributed by atoms with Gasteiger partial charge in [0.05, 0.1) is 19.8 Å². The first-order chi connectivity index (χ1) is 7.61. The number of ether oxygens (including phenoxy) is 2. The minimum Gasteiger partial charge on any atom is -0.496 e. The number of rotatable bonds is 4. The molecule has 0 bridgehead atoms. The largest absolute Gasteiger partial charge is 0.496 e. The zero-order valence-electron chi connectivity index (χ0n) is 9.39. The van der Waals surface area contributed by atoms with Gasteiger partial charge >= 0.3 is 5.97 Å². The highest BCUT2D eigenvalue weighted by Gasteiger charge is 2.25. The molecule has 0 spiro atoms. The van der Waals surface area contributed by atoms with Gasteiger partial charge in [-0.3, -0.25) is 14.6 Å². The van der Waals surface area contributed by atoms with Crippen molar-refractivity contribution in [1.82, 2.24) is 4.98 Å². The molecule has 0 fully saturated rings. The van der Waals surface area contributed by atoms with Gasteiger partial charge in [0.25, 0.3) is 0 Å². The minimum atomic E-state index is -0.858. The van der Waals surface area contributed by atoms with E-state index in [4.69, 9.17) is 4.74 Å². The van der Waals surface area contributed by atoms with Crippen LogP contribution in [0.1, 0.15) is 17.3 Å². The molecule has 5 heteroatoms. The summed E-state index contributed by atoms with van der Waals surface area (Å²) in [5.41, 5.74) is 0.280. The summed E-state index contributed by atoms with van der Waals surface area (Å²) in [6, 6.07) is 1.57. The molecule has 0 aliphatic carbocycles. The lowest BCUT2D eigenvalue weighted by Crippen LogP contribution is -2.23. The molecule has 1 aromatic rings. The number of ketones is 1. The zero-order valence-corrected chi connectivity index (χ0v) is 9.39. The Labute approximate surface area is 93.4 Å². The van der Waals surface area contributed by atoms with E-state index >= 15 is 0 Å². The van der Waals surface area contributed by atoms with Crippen LogP contribution in [0.5, 0.6) is 5.75 Å². The van der Waals surface area contributed by atoms with Crippen molar-refractivity contribution in [3.8, 4) is 5.75 Å². The van der Waals surface area contributed by atoms with Crippen molar-refractivity contribution in [3.05, 3.63) is 24.0 Å². The molecule has 1 aromatic heterocycles. The highest BCUT2D eigenvalue weighted by Crippen LogP contribution is 2.20. The molecule has 0 aromatic carbocycles. The third kappa shape index (κ3) is 2.36. The average Bonchev–Trinajstić information content (AvgIpc) is 2.35. The number of hydrogen-bond donors (Lipinski definition) is 0. The lowest BCUT2D eigenvalue weighted by atomic mass is 10.0. The van der Waals surface area contributed by atoms with Crippen LogP contribution in [0.15, 0.2) is 18.5 Å². The summed E-state index contributed by atoms with van der Waals surface area (Å²) in [6.45, 7) is 1.49. The molecule has 1 atom stereocenters. The van der Waals surface area contributed by atoms with Crippen molar-refractivity contribution >= 4 is 11.8 Å². The molecule has 0 aliphatic rings. The molecule has 0 radical (unpaired) electrons. The first kappa shape index (κ1) is 12.2.